The van der Waals surface area contributed by atoms with Crippen LogP contribution in [0.4, 0.5) is 0 Å². The zero-order chi connectivity index (χ0) is 15.0. The molecule has 0 aliphatic carbocycles. The lowest BCUT2D eigenvalue weighted by atomic mass is 10.1. The van der Waals surface area contributed by atoms with Crippen LogP contribution in [0, 0.1) is 6.92 Å². The van der Waals surface area contributed by atoms with Crippen molar-refractivity contribution in [2.24, 2.45) is 0 Å². The number of hydrogen-bond acceptors (Lipinski definition) is 3. The minimum atomic E-state index is -3.40. The van der Waals surface area contributed by atoms with E-state index in [1.165, 1.54) is 0 Å². The van der Waals surface area contributed by atoms with Crippen LogP contribution < -0.4 is 10.0 Å². The SMILES string of the molecule is CCCCCCNS(=O)(=O)c1cc(CNC)ccc1C. The Labute approximate surface area is 123 Å². The van der Waals surface area contributed by atoms with E-state index in [0.29, 0.717) is 18.0 Å². The van der Waals surface area contributed by atoms with E-state index in [9.17, 15) is 8.42 Å². The monoisotopic (exact) mass is 298 g/mol. The van der Waals surface area contributed by atoms with Crippen LogP contribution in [0.25, 0.3) is 0 Å². The average Bonchev–Trinajstić information content (AvgIpc) is 2.41. The first kappa shape index (κ1) is 17.1. The number of sulfonamides is 1. The number of unbranched alkanes of at least 4 members (excludes halogenated alkanes) is 3. The van der Waals surface area contributed by atoms with Crippen LogP contribution in [0.5, 0.6) is 0 Å². The highest BCUT2D eigenvalue weighted by atomic mass is 32.2. The van der Waals surface area contributed by atoms with Crippen LogP contribution in [0.2, 0.25) is 0 Å². The standard InChI is InChI=1S/C15H26N2O2S/c1-4-5-6-7-10-17-20(18,19)15-11-14(12-16-3)9-8-13(15)2/h8-9,11,16-17H,4-7,10,12H2,1-3H3. The molecule has 0 saturated carbocycles. The molecule has 0 aliphatic heterocycles. The zero-order valence-corrected chi connectivity index (χ0v) is 13.5. The van der Waals surface area contributed by atoms with Gasteiger partial charge in [0.25, 0.3) is 0 Å². The first-order chi connectivity index (χ1) is 9.51. The molecule has 0 saturated heterocycles. The molecule has 0 unspecified atom stereocenters. The minimum Gasteiger partial charge on any atom is -0.316 e. The van der Waals surface area contributed by atoms with E-state index in [-0.39, 0.29) is 0 Å². The Hall–Kier alpha value is -0.910. The summed E-state index contributed by atoms with van der Waals surface area (Å²) in [6.45, 7) is 5.15. The number of hydrogen-bond donors (Lipinski definition) is 2. The average molecular weight is 298 g/mol. The highest BCUT2D eigenvalue weighted by Gasteiger charge is 2.16. The lowest BCUT2D eigenvalue weighted by Crippen LogP contribution is -2.25. The normalized spacial score (nSPS) is 11.8. The summed E-state index contributed by atoms with van der Waals surface area (Å²) in [5, 5.41) is 3.03. The van der Waals surface area contributed by atoms with Crippen molar-refractivity contribution in [1.82, 2.24) is 10.0 Å². The summed E-state index contributed by atoms with van der Waals surface area (Å²) in [4.78, 5) is 0.390. The number of benzene rings is 1. The Kier molecular flexibility index (Phi) is 7.19. The van der Waals surface area contributed by atoms with Crippen molar-refractivity contribution in [3.8, 4) is 0 Å². The molecule has 20 heavy (non-hydrogen) atoms. The summed E-state index contributed by atoms with van der Waals surface area (Å²) in [5.74, 6) is 0. The predicted octanol–water partition coefficient (Wildman–Crippen LogP) is 2.57. The van der Waals surface area contributed by atoms with E-state index in [2.05, 4.69) is 17.0 Å². The van der Waals surface area contributed by atoms with Crippen molar-refractivity contribution >= 4 is 10.0 Å². The molecule has 0 atom stereocenters. The van der Waals surface area contributed by atoms with Crippen molar-refractivity contribution in [2.45, 2.75) is 51.0 Å². The van der Waals surface area contributed by atoms with Gasteiger partial charge in [0.1, 0.15) is 0 Å². The molecule has 0 spiro atoms. The largest absolute Gasteiger partial charge is 0.316 e. The van der Waals surface area contributed by atoms with Crippen molar-refractivity contribution < 1.29 is 8.42 Å². The summed E-state index contributed by atoms with van der Waals surface area (Å²) in [6.07, 6.45) is 4.26. The Balaban J connectivity index is 2.73. The lowest BCUT2D eigenvalue weighted by Gasteiger charge is -2.11. The summed E-state index contributed by atoms with van der Waals surface area (Å²) in [5.41, 5.74) is 1.76. The van der Waals surface area contributed by atoms with Gasteiger partial charge in [-0.3, -0.25) is 0 Å². The third kappa shape index (κ3) is 5.23. The van der Waals surface area contributed by atoms with Crippen molar-refractivity contribution in [3.63, 3.8) is 0 Å². The third-order valence-corrected chi connectivity index (χ3v) is 4.85. The first-order valence-corrected chi connectivity index (χ1v) is 8.73. The molecule has 0 amide bonds. The fraction of sp³-hybridized carbons (Fsp3) is 0.600. The maximum Gasteiger partial charge on any atom is 0.240 e. The number of nitrogens with one attached hydrogen (secondary N) is 2. The maximum absolute atomic E-state index is 12.3. The van der Waals surface area contributed by atoms with Crippen LogP contribution in [0.3, 0.4) is 0 Å². The van der Waals surface area contributed by atoms with Crippen LogP contribution in [0.1, 0.15) is 43.7 Å². The van der Waals surface area contributed by atoms with Gasteiger partial charge in [-0.15, -0.1) is 0 Å². The zero-order valence-electron chi connectivity index (χ0n) is 12.7. The Morgan fingerprint density at radius 2 is 1.90 bits per heavy atom. The van der Waals surface area contributed by atoms with Crippen LogP contribution in [-0.2, 0) is 16.6 Å². The molecule has 4 nitrogen and oxygen atoms in total. The molecule has 5 heteroatoms. The van der Waals surface area contributed by atoms with Gasteiger partial charge in [-0.25, -0.2) is 13.1 Å². The minimum absolute atomic E-state index is 0.390. The van der Waals surface area contributed by atoms with Crippen LogP contribution in [0.15, 0.2) is 23.1 Å². The van der Waals surface area contributed by atoms with E-state index >= 15 is 0 Å². The van der Waals surface area contributed by atoms with Gasteiger partial charge in [0.15, 0.2) is 0 Å². The third-order valence-electron chi connectivity index (χ3n) is 3.25. The van der Waals surface area contributed by atoms with Gasteiger partial charge in [0.2, 0.25) is 10.0 Å². The topological polar surface area (TPSA) is 58.2 Å². The molecule has 1 rings (SSSR count). The second-order valence-electron chi connectivity index (χ2n) is 5.09. The van der Waals surface area contributed by atoms with Crippen molar-refractivity contribution in [2.75, 3.05) is 13.6 Å². The fourth-order valence-electron chi connectivity index (χ4n) is 2.08. The number of aryl methyl sites for hydroxylation is 1. The van der Waals surface area contributed by atoms with Gasteiger partial charge in [0, 0.05) is 13.1 Å². The van der Waals surface area contributed by atoms with Crippen molar-refractivity contribution in [1.29, 1.82) is 0 Å². The Bertz CT molecular complexity index is 513. The van der Waals surface area contributed by atoms with E-state index < -0.39 is 10.0 Å². The van der Waals surface area contributed by atoms with Gasteiger partial charge in [0.05, 0.1) is 4.90 Å². The summed E-state index contributed by atoms with van der Waals surface area (Å²) in [6, 6.07) is 5.56. The van der Waals surface area contributed by atoms with Gasteiger partial charge in [-0.1, -0.05) is 38.3 Å². The molecule has 0 fully saturated rings. The van der Waals surface area contributed by atoms with Crippen molar-refractivity contribution in [3.05, 3.63) is 29.3 Å². The smallest absolute Gasteiger partial charge is 0.240 e. The molecule has 0 radical (unpaired) electrons. The molecular formula is C15H26N2O2S. The second kappa shape index (κ2) is 8.39. The molecule has 0 aromatic heterocycles. The maximum atomic E-state index is 12.3. The number of rotatable bonds is 9. The second-order valence-corrected chi connectivity index (χ2v) is 6.82. The van der Waals surface area contributed by atoms with Crippen LogP contribution >= 0.6 is 0 Å². The molecule has 114 valence electrons. The van der Waals surface area contributed by atoms with Gasteiger partial charge >= 0.3 is 0 Å². The highest BCUT2D eigenvalue weighted by Crippen LogP contribution is 2.17. The van der Waals surface area contributed by atoms with E-state index in [4.69, 9.17) is 0 Å². The first-order valence-electron chi connectivity index (χ1n) is 7.25. The predicted molar refractivity (Wildman–Crippen MR) is 83.3 cm³/mol. The lowest BCUT2D eigenvalue weighted by molar-refractivity contribution is 0.573. The summed E-state index contributed by atoms with van der Waals surface area (Å²) >= 11 is 0. The van der Waals surface area contributed by atoms with Crippen LogP contribution in [-0.4, -0.2) is 22.0 Å². The highest BCUT2D eigenvalue weighted by molar-refractivity contribution is 7.89. The molecule has 2 N–H and O–H groups in total. The van der Waals surface area contributed by atoms with E-state index in [1.54, 1.807) is 6.07 Å². The molecule has 0 aliphatic rings. The Morgan fingerprint density at radius 1 is 1.15 bits per heavy atom. The van der Waals surface area contributed by atoms with E-state index in [1.807, 2.05) is 26.1 Å². The molecule has 0 bridgehead atoms. The molecule has 1 aromatic rings. The van der Waals surface area contributed by atoms with E-state index in [0.717, 1.165) is 36.8 Å². The molecule has 0 heterocycles. The molecular weight excluding hydrogens is 272 g/mol. The Morgan fingerprint density at radius 3 is 2.55 bits per heavy atom. The van der Waals surface area contributed by atoms with Gasteiger partial charge in [-0.2, -0.15) is 0 Å². The van der Waals surface area contributed by atoms with Gasteiger partial charge < -0.3 is 5.32 Å². The quantitative estimate of drug-likeness (QED) is 0.689. The molecule has 1 aromatic carbocycles. The fourth-order valence-corrected chi connectivity index (χ4v) is 3.45. The van der Waals surface area contributed by atoms with Gasteiger partial charge in [-0.05, 0) is 37.6 Å². The summed E-state index contributed by atoms with van der Waals surface area (Å²) < 4.78 is 27.3. The summed E-state index contributed by atoms with van der Waals surface area (Å²) in [7, 11) is -1.55.